The Balaban J connectivity index is 2.11. The van der Waals surface area contributed by atoms with Crippen molar-refractivity contribution in [1.82, 2.24) is 0 Å². The normalized spacial score (nSPS) is 44.2. The van der Waals surface area contributed by atoms with E-state index in [1.807, 2.05) is 0 Å². The molecule has 0 saturated carbocycles. The molecule has 0 aromatic rings. The molecule has 2 saturated heterocycles. The molecule has 0 bridgehead atoms. The molecule has 2 heterocycles. The van der Waals surface area contributed by atoms with Gasteiger partial charge in [-0.2, -0.15) is 0 Å². The summed E-state index contributed by atoms with van der Waals surface area (Å²) in [6, 6.07) is 0. The number of carboxylic acid groups (broad SMARTS) is 2. The molecule has 0 aromatic carbocycles. The van der Waals surface area contributed by atoms with E-state index in [-0.39, 0.29) is 0 Å². The van der Waals surface area contributed by atoms with Gasteiger partial charge in [-0.1, -0.05) is 0 Å². The molecule has 2 aliphatic heterocycles. The van der Waals surface area contributed by atoms with Crippen LogP contribution in [-0.2, 0) is 33.3 Å². The molecular weight excluding hydrogens is 388 g/mol. The first-order valence-electron chi connectivity index (χ1n) is 8.26. The summed E-state index contributed by atoms with van der Waals surface area (Å²) in [6.07, 6.45) is -16.4. The van der Waals surface area contributed by atoms with Crippen molar-refractivity contribution in [3.63, 3.8) is 0 Å². The summed E-state index contributed by atoms with van der Waals surface area (Å²) in [7, 11) is 2.22. The summed E-state index contributed by atoms with van der Waals surface area (Å²) >= 11 is 0. The van der Waals surface area contributed by atoms with Crippen LogP contribution in [0.25, 0.3) is 0 Å². The quantitative estimate of drug-likeness (QED) is 0.308. The van der Waals surface area contributed by atoms with Crippen molar-refractivity contribution in [3.05, 3.63) is 0 Å². The second-order valence-corrected chi connectivity index (χ2v) is 6.35. The summed E-state index contributed by atoms with van der Waals surface area (Å²) in [5.41, 5.74) is 0. The Morgan fingerprint density at radius 3 is 1.86 bits per heavy atom. The van der Waals surface area contributed by atoms with Crippen LogP contribution in [0.5, 0.6) is 0 Å². The van der Waals surface area contributed by atoms with Crippen molar-refractivity contribution in [3.8, 4) is 0 Å². The summed E-state index contributed by atoms with van der Waals surface area (Å²) in [6.45, 7) is -0.669. The lowest BCUT2D eigenvalue weighted by molar-refractivity contribution is -0.353. The lowest BCUT2D eigenvalue weighted by atomic mass is 9.94. The molecule has 4 N–H and O–H groups in total. The molecule has 0 aliphatic carbocycles. The van der Waals surface area contributed by atoms with Crippen LogP contribution in [0.3, 0.4) is 0 Å². The number of ether oxygens (including phenoxy) is 5. The maximum atomic E-state index is 11.3. The molecule has 10 atom stereocenters. The fourth-order valence-electron chi connectivity index (χ4n) is 3.14. The van der Waals surface area contributed by atoms with Gasteiger partial charge in [0.1, 0.15) is 54.9 Å². The number of rotatable bonds is 7. The Morgan fingerprint density at radius 1 is 0.821 bits per heavy atom. The molecule has 4 unspecified atom stereocenters. The second kappa shape index (κ2) is 9.39. The Labute approximate surface area is 158 Å². The number of carbonyl (C=O) groups is 2. The smallest absolute Gasteiger partial charge is 0.186 e. The van der Waals surface area contributed by atoms with E-state index in [9.17, 15) is 40.2 Å². The third-order valence-electron chi connectivity index (χ3n) is 4.65. The monoisotopic (exact) mass is 410 g/mol. The molecule has 13 nitrogen and oxygen atoms in total. The van der Waals surface area contributed by atoms with Crippen molar-refractivity contribution >= 4 is 11.9 Å². The van der Waals surface area contributed by atoms with Crippen molar-refractivity contribution < 1.29 is 63.9 Å². The first-order chi connectivity index (χ1) is 13.1. The molecule has 2 aliphatic rings. The third-order valence-corrected chi connectivity index (χ3v) is 4.65. The number of carbonyl (C=O) groups excluding carboxylic acids is 2. The van der Waals surface area contributed by atoms with E-state index in [1.54, 1.807) is 0 Å². The molecule has 2 fully saturated rings. The standard InChI is InChI=1S/C15H24O13/c1-24-9-6(17)5(16)4(27-11(9)13(20)21)3-26-10-7(18)8(19)15(25-2)28-12(10)14(22)23/h4-12,15-19H,3H2,1-2H3,(H,20,21)(H,22,23)/p-2/t4-,5?,6+,7+,8?,9-,10-,11?,12?,15+/m0/s1. The highest BCUT2D eigenvalue weighted by Gasteiger charge is 2.49. The predicted molar refractivity (Wildman–Crippen MR) is 78.9 cm³/mol. The van der Waals surface area contributed by atoms with Gasteiger partial charge in [0.05, 0.1) is 18.5 Å². The largest absolute Gasteiger partial charge is 0.547 e. The van der Waals surface area contributed by atoms with Crippen LogP contribution < -0.4 is 10.2 Å². The second-order valence-electron chi connectivity index (χ2n) is 6.35. The van der Waals surface area contributed by atoms with Gasteiger partial charge >= 0.3 is 0 Å². The summed E-state index contributed by atoms with van der Waals surface area (Å²) in [5, 5.41) is 62.6. The van der Waals surface area contributed by atoms with E-state index >= 15 is 0 Å². The number of hydrogen-bond acceptors (Lipinski definition) is 13. The molecular formula is C15H22O13-2. The number of methoxy groups -OCH3 is 2. The summed E-state index contributed by atoms with van der Waals surface area (Å²) in [4.78, 5) is 22.5. The number of aliphatic carboxylic acids is 2. The Morgan fingerprint density at radius 2 is 1.36 bits per heavy atom. The summed E-state index contributed by atoms with van der Waals surface area (Å²) in [5.74, 6) is -3.48. The fourth-order valence-corrected chi connectivity index (χ4v) is 3.14. The molecule has 0 aromatic heterocycles. The highest BCUT2D eigenvalue weighted by molar-refractivity contribution is 5.71. The van der Waals surface area contributed by atoms with Gasteiger partial charge in [-0.3, -0.25) is 0 Å². The highest BCUT2D eigenvalue weighted by atomic mass is 16.7. The predicted octanol–water partition coefficient (Wildman–Crippen LogP) is -6.53. The maximum Gasteiger partial charge on any atom is 0.186 e. The van der Waals surface area contributed by atoms with Crippen LogP contribution in [-0.4, -0.2) is 114 Å². The Kier molecular flexibility index (Phi) is 7.66. The van der Waals surface area contributed by atoms with E-state index in [0.29, 0.717) is 0 Å². The van der Waals surface area contributed by atoms with E-state index in [4.69, 9.17) is 23.7 Å². The number of aliphatic hydroxyl groups excluding tert-OH is 4. The first kappa shape index (κ1) is 22.9. The van der Waals surface area contributed by atoms with Gasteiger partial charge in [-0.15, -0.1) is 0 Å². The van der Waals surface area contributed by atoms with Gasteiger partial charge in [0.25, 0.3) is 0 Å². The Hall–Kier alpha value is -1.42. The molecule has 13 heteroatoms. The van der Waals surface area contributed by atoms with Crippen LogP contribution in [0.4, 0.5) is 0 Å². The van der Waals surface area contributed by atoms with E-state index in [2.05, 4.69) is 0 Å². The van der Waals surface area contributed by atoms with Gasteiger partial charge in [-0.25, -0.2) is 0 Å². The summed E-state index contributed by atoms with van der Waals surface area (Å²) < 4.78 is 24.9. The van der Waals surface area contributed by atoms with Crippen LogP contribution in [0, 0.1) is 0 Å². The molecule has 0 spiro atoms. The van der Waals surface area contributed by atoms with Crippen LogP contribution in [0.15, 0.2) is 0 Å². The van der Waals surface area contributed by atoms with Crippen LogP contribution in [0.1, 0.15) is 0 Å². The third kappa shape index (κ3) is 4.42. The van der Waals surface area contributed by atoms with E-state index < -0.39 is 79.8 Å². The van der Waals surface area contributed by atoms with Crippen molar-refractivity contribution in [2.24, 2.45) is 0 Å². The SMILES string of the molecule is CO[C@@H]1OC(C(=O)[O-])[C@@H](OC[C@@H]2OC(C(=O)[O-])[C@@H](OC)[C@H](O)C2O)[C@H](O)C1O. The minimum atomic E-state index is -1.85. The minimum absolute atomic E-state index is 0.669. The Bertz CT molecular complexity index is 556. The zero-order valence-corrected chi connectivity index (χ0v) is 14.9. The maximum absolute atomic E-state index is 11.3. The van der Waals surface area contributed by atoms with Crippen molar-refractivity contribution in [2.75, 3.05) is 20.8 Å². The topological polar surface area (TPSA) is 207 Å². The van der Waals surface area contributed by atoms with Crippen molar-refractivity contribution in [1.29, 1.82) is 0 Å². The number of aliphatic hydroxyl groups is 4. The fraction of sp³-hybridized carbons (Fsp3) is 0.867. The van der Waals surface area contributed by atoms with Gasteiger partial charge in [0.2, 0.25) is 0 Å². The molecule has 162 valence electrons. The van der Waals surface area contributed by atoms with Gasteiger partial charge in [0, 0.05) is 14.2 Å². The zero-order valence-electron chi connectivity index (χ0n) is 14.9. The van der Waals surface area contributed by atoms with E-state index in [0.717, 1.165) is 14.2 Å². The number of hydrogen-bond donors (Lipinski definition) is 4. The van der Waals surface area contributed by atoms with Gasteiger partial charge in [-0.05, 0) is 0 Å². The zero-order chi connectivity index (χ0) is 21.2. The number of carboxylic acids is 2. The van der Waals surface area contributed by atoms with Crippen molar-refractivity contribution in [2.45, 2.75) is 61.2 Å². The highest BCUT2D eigenvalue weighted by Crippen LogP contribution is 2.27. The molecule has 0 amide bonds. The lowest BCUT2D eigenvalue weighted by Gasteiger charge is -2.45. The average molecular weight is 410 g/mol. The van der Waals surface area contributed by atoms with E-state index in [1.165, 1.54) is 0 Å². The molecule has 28 heavy (non-hydrogen) atoms. The van der Waals surface area contributed by atoms with Gasteiger partial charge < -0.3 is 63.9 Å². The van der Waals surface area contributed by atoms with Crippen LogP contribution in [0.2, 0.25) is 0 Å². The first-order valence-corrected chi connectivity index (χ1v) is 8.26. The molecule has 0 radical (unpaired) electrons. The molecule has 2 rings (SSSR count). The average Bonchev–Trinajstić information content (AvgIpc) is 2.65. The van der Waals surface area contributed by atoms with Gasteiger partial charge in [0.15, 0.2) is 6.29 Å². The minimum Gasteiger partial charge on any atom is -0.547 e. The van der Waals surface area contributed by atoms with Crippen LogP contribution >= 0.6 is 0 Å². The lowest BCUT2D eigenvalue weighted by Crippen LogP contribution is -2.65.